The Bertz CT molecular complexity index is 745. The standard InChI is InChI=1S/C13H13ClN2O5S/c14-13(5-6-13)22(19,20)15-11(17)7-16-9-3-1-2-4-10(9)21-8-12(16)18/h1-4H,5-8H2,(H,15,17). The molecule has 3 rings (SSSR count). The zero-order valence-electron chi connectivity index (χ0n) is 11.4. The maximum atomic E-state index is 12.0. The van der Waals surface area contributed by atoms with E-state index in [0.29, 0.717) is 24.3 Å². The average Bonchev–Trinajstić information content (AvgIpc) is 3.21. The third-order valence-electron chi connectivity index (χ3n) is 3.48. The van der Waals surface area contributed by atoms with E-state index in [4.69, 9.17) is 16.3 Å². The van der Waals surface area contributed by atoms with E-state index in [1.165, 1.54) is 4.90 Å². The largest absolute Gasteiger partial charge is 0.482 e. The van der Waals surface area contributed by atoms with Gasteiger partial charge in [-0.25, -0.2) is 8.42 Å². The Morgan fingerprint density at radius 2 is 2.05 bits per heavy atom. The number of halogens is 1. The van der Waals surface area contributed by atoms with Crippen molar-refractivity contribution in [2.75, 3.05) is 18.1 Å². The minimum Gasteiger partial charge on any atom is -0.482 e. The second-order valence-electron chi connectivity index (χ2n) is 5.15. The van der Waals surface area contributed by atoms with Gasteiger partial charge in [-0.15, -0.1) is 0 Å². The number of ether oxygens (including phenoxy) is 1. The number of carbonyl (C=O) groups excluding carboxylic acids is 2. The molecule has 0 bridgehead atoms. The maximum Gasteiger partial charge on any atom is 0.265 e. The molecule has 1 aliphatic carbocycles. The molecule has 0 radical (unpaired) electrons. The predicted molar refractivity (Wildman–Crippen MR) is 79.2 cm³/mol. The lowest BCUT2D eigenvalue weighted by Gasteiger charge is -2.28. The Morgan fingerprint density at radius 3 is 2.73 bits per heavy atom. The summed E-state index contributed by atoms with van der Waals surface area (Å²) >= 11 is 5.83. The number of amides is 2. The van der Waals surface area contributed by atoms with Crippen LogP contribution in [0.2, 0.25) is 0 Å². The van der Waals surface area contributed by atoms with Gasteiger partial charge in [0.25, 0.3) is 21.8 Å². The van der Waals surface area contributed by atoms with E-state index in [0.717, 1.165) is 0 Å². The lowest BCUT2D eigenvalue weighted by Crippen LogP contribution is -2.47. The highest BCUT2D eigenvalue weighted by atomic mass is 35.5. The summed E-state index contributed by atoms with van der Waals surface area (Å²) in [6.45, 7) is -0.609. The molecule has 1 fully saturated rings. The summed E-state index contributed by atoms with van der Waals surface area (Å²) < 4.78 is 29.6. The Balaban J connectivity index is 1.75. The Hall–Kier alpha value is -1.80. The fourth-order valence-corrected chi connectivity index (χ4v) is 3.51. The molecule has 1 N–H and O–H groups in total. The number of nitrogens with one attached hydrogen (secondary N) is 1. The molecule has 0 saturated heterocycles. The van der Waals surface area contributed by atoms with E-state index in [-0.39, 0.29) is 6.61 Å². The van der Waals surface area contributed by atoms with E-state index in [2.05, 4.69) is 0 Å². The molecule has 2 amide bonds. The van der Waals surface area contributed by atoms with Crippen LogP contribution in [-0.4, -0.2) is 37.6 Å². The van der Waals surface area contributed by atoms with E-state index in [1.807, 2.05) is 4.72 Å². The van der Waals surface area contributed by atoms with Crippen molar-refractivity contribution in [1.29, 1.82) is 0 Å². The van der Waals surface area contributed by atoms with E-state index in [1.54, 1.807) is 24.3 Å². The Morgan fingerprint density at radius 1 is 1.36 bits per heavy atom. The van der Waals surface area contributed by atoms with Crippen molar-refractivity contribution < 1.29 is 22.7 Å². The molecule has 7 nitrogen and oxygen atoms in total. The van der Waals surface area contributed by atoms with Crippen LogP contribution < -0.4 is 14.4 Å². The van der Waals surface area contributed by atoms with Crippen molar-refractivity contribution >= 4 is 39.1 Å². The van der Waals surface area contributed by atoms with Gasteiger partial charge in [-0.2, -0.15) is 0 Å². The normalized spacial score (nSPS) is 19.1. The number of nitrogens with zero attached hydrogens (tertiary/aromatic N) is 1. The molecule has 1 aliphatic heterocycles. The fourth-order valence-electron chi connectivity index (χ4n) is 2.11. The van der Waals surface area contributed by atoms with Gasteiger partial charge in [-0.3, -0.25) is 19.2 Å². The molecule has 1 aromatic carbocycles. The molecule has 9 heteroatoms. The number of fused-ring (bicyclic) bond motifs is 1. The first kappa shape index (κ1) is 15.1. The van der Waals surface area contributed by atoms with Gasteiger partial charge < -0.3 is 4.74 Å². The summed E-state index contributed by atoms with van der Waals surface area (Å²) in [7, 11) is -3.93. The average molecular weight is 345 g/mol. The first-order valence-corrected chi connectivity index (χ1v) is 8.45. The zero-order valence-corrected chi connectivity index (χ0v) is 13.0. The van der Waals surface area contributed by atoms with Crippen molar-refractivity contribution in [3.63, 3.8) is 0 Å². The predicted octanol–water partition coefficient (Wildman–Crippen LogP) is 0.587. The number of hydrogen-bond acceptors (Lipinski definition) is 5. The van der Waals surface area contributed by atoms with E-state index in [9.17, 15) is 18.0 Å². The highest BCUT2D eigenvalue weighted by Crippen LogP contribution is 2.46. The molecule has 0 spiro atoms. The summed E-state index contributed by atoms with van der Waals surface area (Å²) in [5.74, 6) is -0.760. The first-order valence-electron chi connectivity index (χ1n) is 6.59. The second-order valence-corrected chi connectivity index (χ2v) is 8.09. The molecule has 1 aromatic rings. The molecule has 22 heavy (non-hydrogen) atoms. The van der Waals surface area contributed by atoms with Crippen molar-refractivity contribution in [1.82, 2.24) is 4.72 Å². The monoisotopic (exact) mass is 344 g/mol. The topological polar surface area (TPSA) is 92.8 Å². The summed E-state index contributed by atoms with van der Waals surface area (Å²) in [5.41, 5.74) is 0.429. The molecule has 1 heterocycles. The van der Waals surface area contributed by atoms with Crippen molar-refractivity contribution in [3.05, 3.63) is 24.3 Å². The molecular formula is C13H13ClN2O5S. The lowest BCUT2D eigenvalue weighted by atomic mass is 10.2. The number of para-hydroxylation sites is 2. The first-order chi connectivity index (χ1) is 10.3. The number of hydrogen-bond donors (Lipinski definition) is 1. The molecular weight excluding hydrogens is 332 g/mol. The number of carbonyl (C=O) groups is 2. The summed E-state index contributed by atoms with van der Waals surface area (Å²) in [4.78, 5) is 25.1. The van der Waals surface area contributed by atoms with Crippen LogP contribution in [-0.2, 0) is 19.6 Å². The van der Waals surface area contributed by atoms with Crippen LogP contribution in [0.4, 0.5) is 5.69 Å². The molecule has 2 aliphatic rings. The SMILES string of the molecule is O=C(CN1C(=O)COc2ccccc21)NS(=O)(=O)C1(Cl)CC1. The van der Waals surface area contributed by atoms with Gasteiger partial charge in [-0.05, 0) is 25.0 Å². The van der Waals surface area contributed by atoms with Crippen LogP contribution in [0, 0.1) is 0 Å². The number of anilines is 1. The van der Waals surface area contributed by atoms with E-state index < -0.39 is 32.6 Å². The number of rotatable bonds is 4. The van der Waals surface area contributed by atoms with Crippen LogP contribution in [0.3, 0.4) is 0 Å². The molecule has 0 unspecified atom stereocenters. The quantitative estimate of drug-likeness (QED) is 0.807. The molecule has 0 atom stereocenters. The van der Waals surface area contributed by atoms with Crippen LogP contribution in [0.25, 0.3) is 0 Å². The van der Waals surface area contributed by atoms with Crippen molar-refractivity contribution in [2.45, 2.75) is 17.0 Å². The minimum absolute atomic E-state index is 0.198. The van der Waals surface area contributed by atoms with Crippen molar-refractivity contribution in [3.8, 4) is 5.75 Å². The highest BCUT2D eigenvalue weighted by molar-refractivity contribution is 7.93. The third-order valence-corrected chi connectivity index (χ3v) is 6.34. The lowest BCUT2D eigenvalue weighted by molar-refractivity contribution is -0.124. The maximum absolute atomic E-state index is 12.0. The third kappa shape index (κ3) is 2.64. The van der Waals surface area contributed by atoms with Gasteiger partial charge in [0.1, 0.15) is 12.3 Å². The summed E-state index contributed by atoms with van der Waals surface area (Å²) in [5, 5.41) is 0. The Kier molecular flexibility index (Phi) is 3.53. The van der Waals surface area contributed by atoms with Crippen LogP contribution >= 0.6 is 11.6 Å². The van der Waals surface area contributed by atoms with Crippen LogP contribution in [0.15, 0.2) is 24.3 Å². The van der Waals surface area contributed by atoms with Gasteiger partial charge in [0.15, 0.2) is 10.8 Å². The minimum atomic E-state index is -3.93. The van der Waals surface area contributed by atoms with Crippen LogP contribution in [0.1, 0.15) is 12.8 Å². The van der Waals surface area contributed by atoms with Crippen LogP contribution in [0.5, 0.6) is 5.75 Å². The zero-order chi connectivity index (χ0) is 16.0. The number of alkyl halides is 1. The van der Waals surface area contributed by atoms with E-state index >= 15 is 0 Å². The van der Waals surface area contributed by atoms with Crippen molar-refractivity contribution in [2.24, 2.45) is 0 Å². The van der Waals surface area contributed by atoms with Gasteiger partial charge in [-0.1, -0.05) is 23.7 Å². The Labute approximate surface area is 132 Å². The smallest absolute Gasteiger partial charge is 0.265 e. The van der Waals surface area contributed by atoms with Gasteiger partial charge in [0, 0.05) is 0 Å². The molecule has 0 aromatic heterocycles. The number of benzene rings is 1. The molecule has 118 valence electrons. The highest BCUT2D eigenvalue weighted by Gasteiger charge is 2.54. The second kappa shape index (κ2) is 5.13. The fraction of sp³-hybridized carbons (Fsp3) is 0.385. The van der Waals surface area contributed by atoms with Gasteiger partial charge in [0.05, 0.1) is 5.69 Å². The molecule has 1 saturated carbocycles. The van der Waals surface area contributed by atoms with Gasteiger partial charge >= 0.3 is 0 Å². The van der Waals surface area contributed by atoms with Gasteiger partial charge in [0.2, 0.25) is 0 Å². The number of sulfonamides is 1. The summed E-state index contributed by atoms with van der Waals surface area (Å²) in [6, 6.07) is 6.72. The summed E-state index contributed by atoms with van der Waals surface area (Å²) in [6.07, 6.45) is 0.604.